The summed E-state index contributed by atoms with van der Waals surface area (Å²) in [4.78, 5) is 4.13. The van der Waals surface area contributed by atoms with Gasteiger partial charge >= 0.3 is 0 Å². The number of hydrogen-bond donors (Lipinski definition) is 1. The Morgan fingerprint density at radius 1 is 1.53 bits per heavy atom. The van der Waals surface area contributed by atoms with Crippen molar-refractivity contribution in [3.8, 4) is 0 Å². The lowest BCUT2D eigenvalue weighted by Gasteiger charge is -2.35. The van der Waals surface area contributed by atoms with E-state index in [0.717, 1.165) is 18.4 Å². The van der Waals surface area contributed by atoms with Crippen LogP contribution in [0, 0.1) is 11.8 Å². The standard InChI is InChI=1S/C13H19BrN2S/c1-13(2)10-6-15-5-9(10)7-16(13)8-12-11(14)3-4-17-12/h3-4,9-10,15H,5-8H2,1-2H3. The van der Waals surface area contributed by atoms with Crippen molar-refractivity contribution in [3.05, 3.63) is 20.8 Å². The maximum absolute atomic E-state index is 3.64. The predicted octanol–water partition coefficient (Wildman–Crippen LogP) is 2.94. The Balaban J connectivity index is 1.79. The first-order valence-corrected chi connectivity index (χ1v) is 7.94. The number of nitrogens with one attached hydrogen (secondary N) is 1. The van der Waals surface area contributed by atoms with Crippen molar-refractivity contribution in [2.45, 2.75) is 25.9 Å². The van der Waals surface area contributed by atoms with E-state index in [2.05, 4.69) is 51.4 Å². The van der Waals surface area contributed by atoms with Crippen LogP contribution in [0.3, 0.4) is 0 Å². The fourth-order valence-corrected chi connectivity index (χ4v) is 4.88. The van der Waals surface area contributed by atoms with E-state index >= 15 is 0 Å². The fraction of sp³-hybridized carbons (Fsp3) is 0.692. The summed E-state index contributed by atoms with van der Waals surface area (Å²) in [5.74, 6) is 1.67. The van der Waals surface area contributed by atoms with E-state index in [-0.39, 0.29) is 0 Å². The number of rotatable bonds is 2. The quantitative estimate of drug-likeness (QED) is 0.903. The maximum Gasteiger partial charge on any atom is 0.0344 e. The van der Waals surface area contributed by atoms with Crippen molar-refractivity contribution >= 4 is 27.3 Å². The summed E-state index contributed by atoms with van der Waals surface area (Å²) >= 11 is 5.50. The third-order valence-corrected chi connectivity index (χ3v) is 6.45. The Morgan fingerprint density at radius 2 is 2.35 bits per heavy atom. The number of hydrogen-bond acceptors (Lipinski definition) is 3. The molecule has 4 heteroatoms. The largest absolute Gasteiger partial charge is 0.316 e. The minimum atomic E-state index is 0.331. The highest BCUT2D eigenvalue weighted by Gasteiger charge is 2.49. The zero-order valence-electron chi connectivity index (χ0n) is 10.4. The molecule has 94 valence electrons. The van der Waals surface area contributed by atoms with E-state index in [9.17, 15) is 0 Å². The van der Waals surface area contributed by atoms with Gasteiger partial charge in [-0.25, -0.2) is 0 Å². The van der Waals surface area contributed by atoms with E-state index < -0.39 is 0 Å². The molecule has 2 aliphatic heterocycles. The molecule has 0 aliphatic carbocycles. The normalized spacial score (nSPS) is 31.9. The van der Waals surface area contributed by atoms with Crippen LogP contribution in [0.5, 0.6) is 0 Å². The number of fused-ring (bicyclic) bond motifs is 1. The van der Waals surface area contributed by atoms with E-state index in [4.69, 9.17) is 0 Å². The predicted molar refractivity (Wildman–Crippen MR) is 76.4 cm³/mol. The van der Waals surface area contributed by atoms with Gasteiger partial charge in [-0.15, -0.1) is 11.3 Å². The molecule has 2 atom stereocenters. The second kappa shape index (κ2) is 4.34. The lowest BCUT2D eigenvalue weighted by atomic mass is 9.85. The molecule has 3 rings (SSSR count). The van der Waals surface area contributed by atoms with Crippen molar-refractivity contribution in [2.75, 3.05) is 19.6 Å². The van der Waals surface area contributed by atoms with Gasteiger partial charge < -0.3 is 5.32 Å². The van der Waals surface area contributed by atoms with Crippen molar-refractivity contribution in [1.82, 2.24) is 10.2 Å². The monoisotopic (exact) mass is 314 g/mol. The molecule has 2 fully saturated rings. The average molecular weight is 315 g/mol. The summed E-state index contributed by atoms with van der Waals surface area (Å²) in [7, 11) is 0. The zero-order valence-corrected chi connectivity index (χ0v) is 12.8. The fourth-order valence-electron chi connectivity index (χ4n) is 3.38. The van der Waals surface area contributed by atoms with Gasteiger partial charge in [0.05, 0.1) is 0 Å². The minimum absolute atomic E-state index is 0.331. The van der Waals surface area contributed by atoms with Crippen LogP contribution >= 0.6 is 27.3 Å². The van der Waals surface area contributed by atoms with Crippen LogP contribution in [0.1, 0.15) is 18.7 Å². The van der Waals surface area contributed by atoms with Gasteiger partial charge in [-0.3, -0.25) is 4.90 Å². The van der Waals surface area contributed by atoms with Gasteiger partial charge in [-0.05, 0) is 59.6 Å². The molecule has 1 aromatic heterocycles. The maximum atomic E-state index is 3.64. The van der Waals surface area contributed by atoms with Gasteiger partial charge in [0.15, 0.2) is 0 Å². The summed E-state index contributed by atoms with van der Waals surface area (Å²) < 4.78 is 1.27. The lowest BCUT2D eigenvalue weighted by molar-refractivity contribution is 0.133. The summed E-state index contributed by atoms with van der Waals surface area (Å²) in [6.45, 7) is 9.56. The number of thiophene rings is 1. The van der Waals surface area contributed by atoms with E-state index in [0.29, 0.717) is 5.54 Å². The van der Waals surface area contributed by atoms with Gasteiger partial charge in [0.2, 0.25) is 0 Å². The topological polar surface area (TPSA) is 15.3 Å². The molecule has 0 radical (unpaired) electrons. The van der Waals surface area contributed by atoms with Crippen LogP contribution in [0.4, 0.5) is 0 Å². The number of likely N-dealkylation sites (tertiary alicyclic amines) is 1. The van der Waals surface area contributed by atoms with Crippen LogP contribution < -0.4 is 5.32 Å². The molecule has 0 spiro atoms. The summed E-state index contributed by atoms with van der Waals surface area (Å²) in [5, 5.41) is 5.71. The molecule has 0 amide bonds. The Labute approximate surface area is 116 Å². The van der Waals surface area contributed by atoms with Crippen molar-refractivity contribution in [1.29, 1.82) is 0 Å². The third-order valence-electron chi connectivity index (χ3n) is 4.54. The number of halogens is 1. The molecule has 1 N–H and O–H groups in total. The zero-order chi connectivity index (χ0) is 12.0. The van der Waals surface area contributed by atoms with Crippen molar-refractivity contribution < 1.29 is 0 Å². The SMILES string of the molecule is CC1(C)C2CNCC2CN1Cc1sccc1Br. The van der Waals surface area contributed by atoms with Crippen LogP contribution in [0.2, 0.25) is 0 Å². The van der Waals surface area contributed by atoms with Gasteiger partial charge in [0, 0.05) is 34.5 Å². The molecular formula is C13H19BrN2S. The summed E-state index contributed by atoms with van der Waals surface area (Å²) in [6, 6.07) is 2.16. The Hall–Kier alpha value is 0.100. The molecule has 3 heterocycles. The molecular weight excluding hydrogens is 296 g/mol. The lowest BCUT2D eigenvalue weighted by Crippen LogP contribution is -2.43. The molecule has 0 saturated carbocycles. The van der Waals surface area contributed by atoms with Crippen LogP contribution in [0.15, 0.2) is 15.9 Å². The van der Waals surface area contributed by atoms with Crippen LogP contribution in [-0.2, 0) is 6.54 Å². The Bertz CT molecular complexity index is 415. The Morgan fingerprint density at radius 3 is 3.00 bits per heavy atom. The molecule has 2 unspecified atom stereocenters. The van der Waals surface area contributed by atoms with E-state index in [1.54, 1.807) is 0 Å². The minimum Gasteiger partial charge on any atom is -0.316 e. The first-order chi connectivity index (χ1) is 8.09. The van der Waals surface area contributed by atoms with Gasteiger partial charge in [0.25, 0.3) is 0 Å². The second-order valence-corrected chi connectivity index (χ2v) is 7.61. The molecule has 0 bridgehead atoms. The number of nitrogens with zero attached hydrogens (tertiary/aromatic N) is 1. The highest BCUT2D eigenvalue weighted by Crippen LogP contribution is 2.42. The van der Waals surface area contributed by atoms with Gasteiger partial charge in [-0.2, -0.15) is 0 Å². The molecule has 2 aliphatic rings. The van der Waals surface area contributed by atoms with Gasteiger partial charge in [0.1, 0.15) is 0 Å². The van der Waals surface area contributed by atoms with Crippen LogP contribution in [-0.4, -0.2) is 30.1 Å². The molecule has 17 heavy (non-hydrogen) atoms. The molecule has 2 saturated heterocycles. The van der Waals surface area contributed by atoms with Gasteiger partial charge in [-0.1, -0.05) is 0 Å². The first-order valence-electron chi connectivity index (χ1n) is 6.26. The van der Waals surface area contributed by atoms with Crippen LogP contribution in [0.25, 0.3) is 0 Å². The highest BCUT2D eigenvalue weighted by molar-refractivity contribution is 9.10. The van der Waals surface area contributed by atoms with E-state index in [1.807, 2.05) is 11.3 Å². The molecule has 1 aromatic rings. The van der Waals surface area contributed by atoms with E-state index in [1.165, 1.54) is 29.0 Å². The molecule has 0 aromatic carbocycles. The smallest absolute Gasteiger partial charge is 0.0344 e. The van der Waals surface area contributed by atoms with Crippen molar-refractivity contribution in [3.63, 3.8) is 0 Å². The third kappa shape index (κ3) is 1.99. The Kier molecular flexibility index (Phi) is 3.10. The average Bonchev–Trinajstić information content (AvgIpc) is 2.91. The first kappa shape index (κ1) is 12.2. The summed E-state index contributed by atoms with van der Waals surface area (Å²) in [6.07, 6.45) is 0. The molecule has 2 nitrogen and oxygen atoms in total. The second-order valence-electron chi connectivity index (χ2n) is 5.75. The summed E-state index contributed by atoms with van der Waals surface area (Å²) in [5.41, 5.74) is 0.331. The highest BCUT2D eigenvalue weighted by atomic mass is 79.9. The van der Waals surface area contributed by atoms with Crippen molar-refractivity contribution in [2.24, 2.45) is 11.8 Å².